The SMILES string of the molecule is Cc1ccc(-c2nc(C[S@](=O)CC(=O)NC3CC3)c(C)o2)cc1. The molecule has 1 atom stereocenters. The van der Waals surface area contributed by atoms with Crippen LogP contribution in [-0.4, -0.2) is 26.9 Å². The van der Waals surface area contributed by atoms with Crippen molar-refractivity contribution in [3.8, 4) is 11.5 Å². The Hall–Kier alpha value is -1.95. The molecular formula is C17H20N2O3S. The number of benzene rings is 1. The number of hydrogen-bond acceptors (Lipinski definition) is 4. The fraction of sp³-hybridized carbons (Fsp3) is 0.412. The number of nitrogens with zero attached hydrogens (tertiary/aromatic N) is 1. The Morgan fingerprint density at radius 1 is 1.30 bits per heavy atom. The lowest BCUT2D eigenvalue weighted by molar-refractivity contribution is -0.118. The van der Waals surface area contributed by atoms with Crippen molar-refractivity contribution in [2.45, 2.75) is 38.5 Å². The van der Waals surface area contributed by atoms with Gasteiger partial charge in [-0.15, -0.1) is 0 Å². The first-order valence-electron chi connectivity index (χ1n) is 7.69. The molecule has 0 radical (unpaired) electrons. The maximum atomic E-state index is 12.1. The van der Waals surface area contributed by atoms with Gasteiger partial charge in [-0.2, -0.15) is 0 Å². The van der Waals surface area contributed by atoms with Gasteiger partial charge in [-0.3, -0.25) is 9.00 Å². The van der Waals surface area contributed by atoms with Crippen molar-refractivity contribution < 1.29 is 13.4 Å². The topological polar surface area (TPSA) is 72.2 Å². The molecule has 1 aromatic heterocycles. The lowest BCUT2D eigenvalue weighted by Gasteiger charge is -2.02. The average Bonchev–Trinajstić information content (AvgIpc) is 3.23. The first kappa shape index (κ1) is 15.9. The Morgan fingerprint density at radius 2 is 2.00 bits per heavy atom. The van der Waals surface area contributed by atoms with Crippen molar-refractivity contribution in [2.24, 2.45) is 0 Å². The molecule has 1 fully saturated rings. The van der Waals surface area contributed by atoms with Crippen molar-refractivity contribution >= 4 is 16.7 Å². The molecule has 0 saturated heterocycles. The largest absolute Gasteiger partial charge is 0.441 e. The minimum Gasteiger partial charge on any atom is -0.441 e. The van der Waals surface area contributed by atoms with E-state index in [1.54, 1.807) is 0 Å². The van der Waals surface area contributed by atoms with Crippen LogP contribution in [0.25, 0.3) is 11.5 Å². The quantitative estimate of drug-likeness (QED) is 0.882. The van der Waals surface area contributed by atoms with Crippen LogP contribution in [0.5, 0.6) is 0 Å². The monoisotopic (exact) mass is 332 g/mol. The first-order valence-corrected chi connectivity index (χ1v) is 9.18. The average molecular weight is 332 g/mol. The number of aromatic nitrogens is 1. The molecule has 0 bridgehead atoms. The van der Waals surface area contributed by atoms with Crippen molar-refractivity contribution in [3.63, 3.8) is 0 Å². The fourth-order valence-corrected chi connectivity index (χ4v) is 3.28. The highest BCUT2D eigenvalue weighted by Crippen LogP contribution is 2.23. The van der Waals surface area contributed by atoms with Gasteiger partial charge >= 0.3 is 0 Å². The van der Waals surface area contributed by atoms with E-state index in [1.807, 2.05) is 38.1 Å². The van der Waals surface area contributed by atoms with E-state index < -0.39 is 10.8 Å². The molecule has 1 aromatic carbocycles. The Balaban J connectivity index is 1.64. The van der Waals surface area contributed by atoms with Crippen LogP contribution in [0.15, 0.2) is 28.7 Å². The zero-order valence-electron chi connectivity index (χ0n) is 13.3. The number of rotatable bonds is 6. The van der Waals surface area contributed by atoms with Crippen LogP contribution in [-0.2, 0) is 21.3 Å². The normalized spacial score (nSPS) is 15.4. The van der Waals surface area contributed by atoms with Gasteiger partial charge in [0.05, 0.1) is 11.4 Å². The molecule has 1 N–H and O–H groups in total. The molecule has 0 spiro atoms. The number of amides is 1. The van der Waals surface area contributed by atoms with Gasteiger partial charge in [0.15, 0.2) is 0 Å². The van der Waals surface area contributed by atoms with Crippen LogP contribution in [0.3, 0.4) is 0 Å². The molecule has 1 saturated carbocycles. The van der Waals surface area contributed by atoms with E-state index in [-0.39, 0.29) is 17.4 Å². The molecule has 1 amide bonds. The summed E-state index contributed by atoms with van der Waals surface area (Å²) in [5.41, 5.74) is 2.71. The highest BCUT2D eigenvalue weighted by atomic mass is 32.2. The van der Waals surface area contributed by atoms with Crippen LogP contribution in [0.4, 0.5) is 0 Å². The molecule has 122 valence electrons. The van der Waals surface area contributed by atoms with Gasteiger partial charge in [0.1, 0.15) is 11.5 Å². The number of hydrogen-bond donors (Lipinski definition) is 1. The summed E-state index contributed by atoms with van der Waals surface area (Å²) in [6, 6.07) is 8.18. The zero-order valence-corrected chi connectivity index (χ0v) is 14.1. The molecule has 3 rings (SSSR count). The lowest BCUT2D eigenvalue weighted by atomic mass is 10.1. The van der Waals surface area contributed by atoms with E-state index in [0.717, 1.165) is 18.4 Å². The number of carbonyl (C=O) groups is 1. The number of aryl methyl sites for hydroxylation is 2. The lowest BCUT2D eigenvalue weighted by Crippen LogP contribution is -2.30. The van der Waals surface area contributed by atoms with Gasteiger partial charge in [0.25, 0.3) is 0 Å². The summed E-state index contributed by atoms with van der Waals surface area (Å²) < 4.78 is 17.8. The van der Waals surface area contributed by atoms with Crippen molar-refractivity contribution in [2.75, 3.05) is 5.75 Å². The molecule has 1 aliphatic rings. The standard InChI is InChI=1S/C17H20N2O3S/c1-11-3-5-13(6-4-11)17-19-15(12(2)22-17)9-23(21)10-16(20)18-14-7-8-14/h3-6,14H,7-10H2,1-2H3,(H,18,20)/t23-/m0/s1. The van der Waals surface area contributed by atoms with Gasteiger partial charge in [-0.25, -0.2) is 4.98 Å². The van der Waals surface area contributed by atoms with Crippen LogP contribution >= 0.6 is 0 Å². The second kappa shape index (κ2) is 6.66. The first-order chi connectivity index (χ1) is 11.0. The summed E-state index contributed by atoms with van der Waals surface area (Å²) in [7, 11) is -1.28. The summed E-state index contributed by atoms with van der Waals surface area (Å²) in [6.45, 7) is 3.83. The molecule has 1 heterocycles. The van der Waals surface area contributed by atoms with Gasteiger partial charge in [-0.1, -0.05) is 17.7 Å². The molecule has 0 unspecified atom stereocenters. The van der Waals surface area contributed by atoms with Gasteiger partial charge in [0.2, 0.25) is 11.8 Å². The van der Waals surface area contributed by atoms with Gasteiger partial charge in [0, 0.05) is 22.4 Å². The van der Waals surface area contributed by atoms with Crippen molar-refractivity contribution in [1.29, 1.82) is 0 Å². The smallest absolute Gasteiger partial charge is 0.232 e. The molecule has 2 aromatic rings. The second-order valence-electron chi connectivity index (χ2n) is 5.96. The third-order valence-electron chi connectivity index (χ3n) is 3.72. The molecule has 5 nitrogen and oxygen atoms in total. The maximum Gasteiger partial charge on any atom is 0.232 e. The molecular weight excluding hydrogens is 312 g/mol. The summed E-state index contributed by atoms with van der Waals surface area (Å²) in [5, 5.41) is 2.85. The predicted molar refractivity (Wildman–Crippen MR) is 89.3 cm³/mol. The van der Waals surface area contributed by atoms with Crippen LogP contribution in [0.1, 0.15) is 29.9 Å². The summed E-state index contributed by atoms with van der Waals surface area (Å²) in [6.07, 6.45) is 2.06. The molecule has 0 aliphatic heterocycles. The van der Waals surface area contributed by atoms with E-state index in [0.29, 0.717) is 23.4 Å². The van der Waals surface area contributed by atoms with Crippen molar-refractivity contribution in [1.82, 2.24) is 10.3 Å². The van der Waals surface area contributed by atoms with E-state index in [2.05, 4.69) is 10.3 Å². The summed E-state index contributed by atoms with van der Waals surface area (Å²) in [4.78, 5) is 16.1. The Bertz CT molecular complexity index is 733. The number of carbonyl (C=O) groups excluding carboxylic acids is 1. The van der Waals surface area contributed by atoms with Gasteiger partial charge in [-0.05, 0) is 38.8 Å². The second-order valence-corrected chi connectivity index (χ2v) is 7.42. The fourth-order valence-electron chi connectivity index (χ4n) is 2.23. The van der Waals surface area contributed by atoms with Crippen LogP contribution in [0.2, 0.25) is 0 Å². The number of oxazole rings is 1. The Morgan fingerprint density at radius 3 is 2.65 bits per heavy atom. The maximum absolute atomic E-state index is 12.1. The van der Waals surface area contributed by atoms with E-state index in [1.165, 1.54) is 5.56 Å². The highest BCUT2D eigenvalue weighted by Gasteiger charge is 2.24. The molecule has 6 heteroatoms. The minimum atomic E-state index is -1.28. The van der Waals surface area contributed by atoms with Crippen LogP contribution in [0, 0.1) is 13.8 Å². The third kappa shape index (κ3) is 4.28. The predicted octanol–water partition coefficient (Wildman–Crippen LogP) is 2.49. The minimum absolute atomic E-state index is 0.0165. The highest BCUT2D eigenvalue weighted by molar-refractivity contribution is 7.84. The van der Waals surface area contributed by atoms with Crippen LogP contribution < -0.4 is 5.32 Å². The van der Waals surface area contributed by atoms with Crippen molar-refractivity contribution in [3.05, 3.63) is 41.3 Å². The Labute approximate surface area is 138 Å². The Kier molecular flexibility index (Phi) is 4.61. The van der Waals surface area contributed by atoms with Gasteiger partial charge < -0.3 is 9.73 Å². The van der Waals surface area contributed by atoms with E-state index in [9.17, 15) is 9.00 Å². The third-order valence-corrected chi connectivity index (χ3v) is 4.90. The summed E-state index contributed by atoms with van der Waals surface area (Å²) in [5.74, 6) is 1.28. The van der Waals surface area contributed by atoms with E-state index >= 15 is 0 Å². The van der Waals surface area contributed by atoms with E-state index in [4.69, 9.17) is 4.42 Å². The number of nitrogens with one attached hydrogen (secondary N) is 1. The summed E-state index contributed by atoms with van der Waals surface area (Å²) >= 11 is 0. The zero-order chi connectivity index (χ0) is 16.4. The molecule has 1 aliphatic carbocycles. The molecule has 23 heavy (non-hydrogen) atoms.